The van der Waals surface area contributed by atoms with Gasteiger partial charge in [-0.3, -0.25) is 0 Å². The molecule has 0 saturated carbocycles. The minimum atomic E-state index is 1.10. The van der Waals surface area contributed by atoms with Gasteiger partial charge in [0.25, 0.3) is 0 Å². The lowest BCUT2D eigenvalue weighted by Gasteiger charge is -1.98. The fourth-order valence-electron chi connectivity index (χ4n) is 1.30. The first-order chi connectivity index (χ1) is 7.06. The monoisotopic (exact) mass is 206 g/mol. The first-order valence-electron chi connectivity index (χ1n) is 6.00. The quantitative estimate of drug-likeness (QED) is 0.509. The molecule has 15 heavy (non-hydrogen) atoms. The highest BCUT2D eigenvalue weighted by atomic mass is 13.9. The molecule has 0 fully saturated rings. The topological polar surface area (TPSA) is 0 Å². The molecule has 0 N–H and O–H groups in total. The maximum Gasteiger partial charge on any atom is -0.0164 e. The number of hydrogen-bond donors (Lipinski definition) is 0. The van der Waals surface area contributed by atoms with E-state index in [1.165, 1.54) is 36.0 Å². The summed E-state index contributed by atoms with van der Waals surface area (Å²) in [6, 6.07) is 0. The summed E-state index contributed by atoms with van der Waals surface area (Å²) >= 11 is 0. The number of rotatable bonds is 6. The van der Waals surface area contributed by atoms with Crippen LogP contribution in [0.15, 0.2) is 34.9 Å². The zero-order valence-corrected chi connectivity index (χ0v) is 11.1. The standard InChI is InChI=1S/C15H26/c1-6-14(4)10-8-12-15(5)11-7-9-13(2)3/h9-10,12H,6-8,11H2,1-5H3/b14-10-,15-12+. The third kappa shape index (κ3) is 9.52. The Hall–Kier alpha value is -0.780. The van der Waals surface area contributed by atoms with E-state index in [-0.39, 0.29) is 0 Å². The molecule has 0 aromatic rings. The molecular weight excluding hydrogens is 180 g/mol. The molecule has 0 amide bonds. The molecule has 0 bridgehead atoms. The smallest absolute Gasteiger partial charge is 0.0164 e. The Kier molecular flexibility index (Phi) is 8.08. The van der Waals surface area contributed by atoms with Crippen LogP contribution in [0.3, 0.4) is 0 Å². The van der Waals surface area contributed by atoms with Crippen LogP contribution in [0.5, 0.6) is 0 Å². The summed E-state index contributed by atoms with van der Waals surface area (Å²) in [5.74, 6) is 0. The summed E-state index contributed by atoms with van der Waals surface area (Å²) in [5.41, 5.74) is 4.42. The Morgan fingerprint density at radius 2 is 1.47 bits per heavy atom. The molecule has 0 aromatic carbocycles. The second kappa shape index (κ2) is 8.52. The van der Waals surface area contributed by atoms with Crippen LogP contribution in [0.2, 0.25) is 0 Å². The Balaban J connectivity index is 3.85. The van der Waals surface area contributed by atoms with Crippen molar-refractivity contribution in [1.82, 2.24) is 0 Å². The van der Waals surface area contributed by atoms with Crippen molar-refractivity contribution in [3.8, 4) is 0 Å². The molecule has 0 unspecified atom stereocenters. The number of allylic oxidation sites excluding steroid dienone is 6. The van der Waals surface area contributed by atoms with Gasteiger partial charge in [-0.05, 0) is 53.4 Å². The maximum atomic E-state index is 2.35. The normalized spacial score (nSPS) is 12.9. The zero-order chi connectivity index (χ0) is 11.7. The summed E-state index contributed by atoms with van der Waals surface area (Å²) in [6.07, 6.45) is 11.6. The van der Waals surface area contributed by atoms with Gasteiger partial charge in [-0.15, -0.1) is 0 Å². The predicted molar refractivity (Wildman–Crippen MR) is 71.1 cm³/mol. The van der Waals surface area contributed by atoms with E-state index >= 15 is 0 Å². The summed E-state index contributed by atoms with van der Waals surface area (Å²) < 4.78 is 0. The first-order valence-corrected chi connectivity index (χ1v) is 6.00. The SMILES string of the molecule is CC/C(C)=C\C/C=C(\C)CCC=C(C)C. The van der Waals surface area contributed by atoms with Crippen molar-refractivity contribution in [2.24, 2.45) is 0 Å². The second-order valence-electron chi connectivity index (χ2n) is 4.51. The molecule has 0 heteroatoms. The molecule has 0 nitrogen and oxygen atoms in total. The van der Waals surface area contributed by atoms with E-state index in [1.807, 2.05) is 0 Å². The van der Waals surface area contributed by atoms with Crippen molar-refractivity contribution >= 4 is 0 Å². The van der Waals surface area contributed by atoms with Gasteiger partial charge in [-0.25, -0.2) is 0 Å². The van der Waals surface area contributed by atoms with Crippen LogP contribution in [-0.4, -0.2) is 0 Å². The summed E-state index contributed by atoms with van der Waals surface area (Å²) in [6.45, 7) is 11.0. The lowest BCUT2D eigenvalue weighted by atomic mass is 10.1. The van der Waals surface area contributed by atoms with Gasteiger partial charge in [0.15, 0.2) is 0 Å². The fourth-order valence-corrected chi connectivity index (χ4v) is 1.30. The van der Waals surface area contributed by atoms with E-state index in [1.54, 1.807) is 0 Å². The third-order valence-corrected chi connectivity index (χ3v) is 2.58. The average Bonchev–Trinajstić information content (AvgIpc) is 2.17. The molecule has 86 valence electrons. The van der Waals surface area contributed by atoms with E-state index in [9.17, 15) is 0 Å². The van der Waals surface area contributed by atoms with Crippen molar-refractivity contribution in [3.05, 3.63) is 34.9 Å². The highest BCUT2D eigenvalue weighted by Crippen LogP contribution is 2.09. The molecule has 0 rings (SSSR count). The lowest BCUT2D eigenvalue weighted by Crippen LogP contribution is -1.78. The van der Waals surface area contributed by atoms with E-state index in [2.05, 4.69) is 52.8 Å². The maximum absolute atomic E-state index is 2.35. The Bertz CT molecular complexity index is 247. The van der Waals surface area contributed by atoms with Crippen LogP contribution in [0, 0.1) is 0 Å². The van der Waals surface area contributed by atoms with Gasteiger partial charge in [-0.2, -0.15) is 0 Å². The highest BCUT2D eigenvalue weighted by Gasteiger charge is 1.88. The van der Waals surface area contributed by atoms with E-state index in [0.717, 1.165) is 6.42 Å². The fraction of sp³-hybridized carbons (Fsp3) is 0.600. The number of hydrogen-bond acceptors (Lipinski definition) is 0. The van der Waals surface area contributed by atoms with Crippen LogP contribution >= 0.6 is 0 Å². The highest BCUT2D eigenvalue weighted by molar-refractivity contribution is 5.07. The van der Waals surface area contributed by atoms with Crippen LogP contribution in [0.25, 0.3) is 0 Å². The molecule has 0 atom stereocenters. The Morgan fingerprint density at radius 1 is 0.867 bits per heavy atom. The van der Waals surface area contributed by atoms with Gasteiger partial charge < -0.3 is 0 Å². The molecular formula is C15H26. The Morgan fingerprint density at radius 3 is 2.00 bits per heavy atom. The molecule has 0 aliphatic heterocycles. The summed E-state index contributed by atoms with van der Waals surface area (Å²) in [4.78, 5) is 0. The molecule has 0 aromatic heterocycles. The van der Waals surface area contributed by atoms with Crippen molar-refractivity contribution in [2.45, 2.75) is 60.3 Å². The predicted octanol–water partition coefficient (Wildman–Crippen LogP) is 5.43. The molecule has 0 spiro atoms. The minimum absolute atomic E-state index is 1.10. The van der Waals surface area contributed by atoms with Crippen molar-refractivity contribution in [3.63, 3.8) is 0 Å². The van der Waals surface area contributed by atoms with Gasteiger partial charge in [0.05, 0.1) is 0 Å². The molecule has 0 aliphatic rings. The largest absolute Gasteiger partial charge is 0.0856 e. The third-order valence-electron chi connectivity index (χ3n) is 2.58. The van der Waals surface area contributed by atoms with E-state index in [0.29, 0.717) is 0 Å². The van der Waals surface area contributed by atoms with Crippen LogP contribution in [0.4, 0.5) is 0 Å². The van der Waals surface area contributed by atoms with Crippen LogP contribution in [-0.2, 0) is 0 Å². The average molecular weight is 206 g/mol. The summed E-state index contributed by atoms with van der Waals surface area (Å²) in [5, 5.41) is 0. The zero-order valence-electron chi connectivity index (χ0n) is 11.1. The molecule has 0 heterocycles. The Labute approximate surface area is 95.8 Å². The van der Waals surface area contributed by atoms with Crippen molar-refractivity contribution < 1.29 is 0 Å². The molecule has 0 saturated heterocycles. The summed E-state index contributed by atoms with van der Waals surface area (Å²) in [7, 11) is 0. The van der Waals surface area contributed by atoms with Gasteiger partial charge in [0.1, 0.15) is 0 Å². The van der Waals surface area contributed by atoms with Crippen molar-refractivity contribution in [1.29, 1.82) is 0 Å². The van der Waals surface area contributed by atoms with E-state index < -0.39 is 0 Å². The van der Waals surface area contributed by atoms with Gasteiger partial charge in [-0.1, -0.05) is 41.9 Å². The molecule has 0 radical (unpaired) electrons. The lowest BCUT2D eigenvalue weighted by molar-refractivity contribution is 0.956. The van der Waals surface area contributed by atoms with Gasteiger partial charge in [0, 0.05) is 0 Å². The molecule has 0 aliphatic carbocycles. The van der Waals surface area contributed by atoms with Crippen molar-refractivity contribution in [2.75, 3.05) is 0 Å². The first kappa shape index (κ1) is 14.2. The van der Waals surface area contributed by atoms with Crippen LogP contribution < -0.4 is 0 Å². The van der Waals surface area contributed by atoms with Gasteiger partial charge >= 0.3 is 0 Å². The van der Waals surface area contributed by atoms with E-state index in [4.69, 9.17) is 0 Å². The minimum Gasteiger partial charge on any atom is -0.0856 e. The van der Waals surface area contributed by atoms with Gasteiger partial charge in [0.2, 0.25) is 0 Å². The second-order valence-corrected chi connectivity index (χ2v) is 4.51. The van der Waals surface area contributed by atoms with Crippen LogP contribution in [0.1, 0.15) is 60.3 Å².